The van der Waals surface area contributed by atoms with Crippen molar-refractivity contribution < 1.29 is 14.0 Å². The zero-order valence-electron chi connectivity index (χ0n) is 13.5. The van der Waals surface area contributed by atoms with Crippen LogP contribution in [0.15, 0.2) is 48.8 Å². The number of nitrogens with zero attached hydrogens (tertiary/aromatic N) is 3. The van der Waals surface area contributed by atoms with Gasteiger partial charge >= 0.3 is 0 Å². The summed E-state index contributed by atoms with van der Waals surface area (Å²) >= 11 is 6.25. The third-order valence-corrected chi connectivity index (χ3v) is 3.86. The van der Waals surface area contributed by atoms with Gasteiger partial charge in [-0.25, -0.2) is 9.07 Å². The van der Waals surface area contributed by atoms with Crippen molar-refractivity contribution in [3.8, 4) is 5.69 Å². The van der Waals surface area contributed by atoms with Crippen LogP contribution >= 0.6 is 11.6 Å². The minimum Gasteiger partial charge on any atom is -0.267 e. The van der Waals surface area contributed by atoms with Gasteiger partial charge in [0.25, 0.3) is 11.8 Å². The van der Waals surface area contributed by atoms with Crippen molar-refractivity contribution in [1.29, 1.82) is 0 Å². The zero-order chi connectivity index (χ0) is 18.7. The molecule has 0 saturated heterocycles. The summed E-state index contributed by atoms with van der Waals surface area (Å²) < 4.78 is 14.4. The number of rotatable bonds is 3. The summed E-state index contributed by atoms with van der Waals surface area (Å²) in [5.41, 5.74) is 5.81. The second kappa shape index (κ2) is 7.32. The van der Waals surface area contributed by atoms with Crippen LogP contribution in [0.4, 0.5) is 4.39 Å². The number of amides is 2. The van der Waals surface area contributed by atoms with E-state index in [4.69, 9.17) is 11.6 Å². The second-order valence-corrected chi connectivity index (χ2v) is 5.65. The van der Waals surface area contributed by atoms with Crippen molar-refractivity contribution in [2.75, 3.05) is 0 Å². The Bertz CT molecular complexity index is 957. The van der Waals surface area contributed by atoms with E-state index >= 15 is 0 Å². The molecule has 0 spiro atoms. The van der Waals surface area contributed by atoms with Gasteiger partial charge in [0, 0.05) is 12.4 Å². The van der Waals surface area contributed by atoms with Crippen molar-refractivity contribution in [2.24, 2.45) is 0 Å². The van der Waals surface area contributed by atoms with E-state index in [1.165, 1.54) is 41.3 Å². The lowest BCUT2D eigenvalue weighted by Gasteiger charge is -2.07. The highest BCUT2D eigenvalue weighted by atomic mass is 35.5. The molecule has 2 aromatic heterocycles. The monoisotopic (exact) mass is 373 g/mol. The normalized spacial score (nSPS) is 10.4. The van der Waals surface area contributed by atoms with Gasteiger partial charge in [0.2, 0.25) is 0 Å². The van der Waals surface area contributed by atoms with Crippen LogP contribution in [0.1, 0.15) is 26.4 Å². The van der Waals surface area contributed by atoms with E-state index in [0.29, 0.717) is 11.4 Å². The lowest BCUT2D eigenvalue weighted by molar-refractivity contribution is 0.0846. The maximum Gasteiger partial charge on any atom is 0.274 e. The SMILES string of the molecule is Cc1nn(-c2ccc(F)cc2)c(Cl)c1C(=O)NNC(=O)c1cccnc1. The maximum absolute atomic E-state index is 13.1. The summed E-state index contributed by atoms with van der Waals surface area (Å²) in [6, 6.07) is 8.65. The molecule has 7 nitrogen and oxygen atoms in total. The number of halogens is 2. The van der Waals surface area contributed by atoms with Gasteiger partial charge in [0.05, 0.1) is 16.9 Å². The molecule has 0 aliphatic carbocycles. The Labute approximate surface area is 152 Å². The first-order valence-corrected chi connectivity index (χ1v) is 7.87. The number of aryl methyl sites for hydroxylation is 1. The van der Waals surface area contributed by atoms with Crippen LogP contribution in [0.25, 0.3) is 5.69 Å². The number of carbonyl (C=O) groups is 2. The molecule has 0 aliphatic heterocycles. The lowest BCUT2D eigenvalue weighted by Crippen LogP contribution is -2.41. The fourth-order valence-corrected chi connectivity index (χ4v) is 2.61. The van der Waals surface area contributed by atoms with Crippen LogP contribution in [-0.2, 0) is 0 Å². The van der Waals surface area contributed by atoms with Crippen molar-refractivity contribution in [1.82, 2.24) is 25.6 Å². The van der Waals surface area contributed by atoms with Crippen molar-refractivity contribution in [2.45, 2.75) is 6.92 Å². The predicted molar refractivity (Wildman–Crippen MR) is 92.4 cm³/mol. The van der Waals surface area contributed by atoms with Gasteiger partial charge in [0.15, 0.2) is 0 Å². The standard InChI is InChI=1S/C17H13ClFN5O2/c1-10-14(15(18)24(23-10)13-6-4-12(19)5-7-13)17(26)22-21-16(25)11-3-2-8-20-9-11/h2-9H,1H3,(H,21,25)(H,22,26). The first-order valence-electron chi connectivity index (χ1n) is 7.49. The van der Waals surface area contributed by atoms with Gasteiger partial charge in [-0.05, 0) is 43.3 Å². The van der Waals surface area contributed by atoms with Crippen molar-refractivity contribution in [3.63, 3.8) is 0 Å². The summed E-state index contributed by atoms with van der Waals surface area (Å²) in [6.45, 7) is 1.60. The first-order chi connectivity index (χ1) is 12.5. The Morgan fingerprint density at radius 2 is 1.81 bits per heavy atom. The molecule has 3 aromatic rings. The summed E-state index contributed by atoms with van der Waals surface area (Å²) in [5.74, 6) is -1.55. The fourth-order valence-electron chi connectivity index (χ4n) is 2.26. The van der Waals surface area contributed by atoms with Crippen molar-refractivity contribution >= 4 is 23.4 Å². The molecule has 132 valence electrons. The fraction of sp³-hybridized carbons (Fsp3) is 0.0588. The third-order valence-electron chi connectivity index (χ3n) is 3.52. The Balaban J connectivity index is 1.77. The van der Waals surface area contributed by atoms with E-state index in [9.17, 15) is 14.0 Å². The second-order valence-electron chi connectivity index (χ2n) is 5.29. The number of hydrazine groups is 1. The third kappa shape index (κ3) is 3.55. The number of nitrogens with one attached hydrogen (secondary N) is 2. The zero-order valence-corrected chi connectivity index (χ0v) is 14.3. The van der Waals surface area contributed by atoms with E-state index < -0.39 is 17.6 Å². The minimum absolute atomic E-state index is 0.0437. The number of carbonyl (C=O) groups excluding carboxylic acids is 2. The molecule has 0 atom stereocenters. The van der Waals surface area contributed by atoms with E-state index in [-0.39, 0.29) is 16.3 Å². The number of hydrogen-bond donors (Lipinski definition) is 2. The Morgan fingerprint density at radius 3 is 2.46 bits per heavy atom. The minimum atomic E-state index is -0.627. The van der Waals surface area contributed by atoms with Gasteiger partial charge in [-0.2, -0.15) is 5.10 Å². The molecule has 26 heavy (non-hydrogen) atoms. The molecule has 0 radical (unpaired) electrons. The Morgan fingerprint density at radius 1 is 1.12 bits per heavy atom. The van der Waals surface area contributed by atoms with Gasteiger partial charge in [-0.15, -0.1) is 0 Å². The maximum atomic E-state index is 13.1. The van der Waals surface area contributed by atoms with Crippen LogP contribution in [0.5, 0.6) is 0 Å². The topological polar surface area (TPSA) is 88.9 Å². The van der Waals surface area contributed by atoms with Gasteiger partial charge in [-0.3, -0.25) is 25.4 Å². The van der Waals surface area contributed by atoms with Crippen LogP contribution in [0.3, 0.4) is 0 Å². The quantitative estimate of drug-likeness (QED) is 0.690. The molecule has 9 heteroatoms. The largest absolute Gasteiger partial charge is 0.274 e. The number of pyridine rings is 1. The number of aromatic nitrogens is 3. The van der Waals surface area contributed by atoms with Crippen LogP contribution in [0.2, 0.25) is 5.15 Å². The van der Waals surface area contributed by atoms with Gasteiger partial charge < -0.3 is 0 Å². The molecule has 2 N–H and O–H groups in total. The number of benzene rings is 1. The average Bonchev–Trinajstić information content (AvgIpc) is 2.95. The molecule has 0 bridgehead atoms. The highest BCUT2D eigenvalue weighted by Crippen LogP contribution is 2.23. The molecular weight excluding hydrogens is 361 g/mol. The first kappa shape index (κ1) is 17.6. The highest BCUT2D eigenvalue weighted by Gasteiger charge is 2.21. The molecule has 3 rings (SSSR count). The molecule has 0 unspecified atom stereocenters. The van der Waals surface area contributed by atoms with E-state index in [2.05, 4.69) is 20.9 Å². The Hall–Kier alpha value is -3.26. The summed E-state index contributed by atoms with van der Waals surface area (Å²) in [5, 5.41) is 4.24. The number of hydrogen-bond acceptors (Lipinski definition) is 4. The van der Waals surface area contributed by atoms with Gasteiger partial charge in [0.1, 0.15) is 16.5 Å². The van der Waals surface area contributed by atoms with Crippen LogP contribution in [0, 0.1) is 12.7 Å². The summed E-state index contributed by atoms with van der Waals surface area (Å²) in [7, 11) is 0. The van der Waals surface area contributed by atoms with E-state index in [1.54, 1.807) is 19.1 Å². The molecule has 0 fully saturated rings. The summed E-state index contributed by atoms with van der Waals surface area (Å²) in [6.07, 6.45) is 2.90. The highest BCUT2D eigenvalue weighted by molar-refractivity contribution is 6.33. The van der Waals surface area contributed by atoms with Crippen LogP contribution in [-0.4, -0.2) is 26.6 Å². The van der Waals surface area contributed by atoms with Crippen LogP contribution < -0.4 is 10.9 Å². The molecule has 0 aliphatic rings. The smallest absolute Gasteiger partial charge is 0.267 e. The molecule has 1 aromatic carbocycles. The van der Waals surface area contributed by atoms with Crippen molar-refractivity contribution in [3.05, 3.63) is 76.6 Å². The predicted octanol–water partition coefficient (Wildman–Crippen LogP) is 2.44. The Kier molecular flexibility index (Phi) is 4.94. The summed E-state index contributed by atoms with van der Waals surface area (Å²) in [4.78, 5) is 28.2. The van der Waals surface area contributed by atoms with Gasteiger partial charge in [-0.1, -0.05) is 11.6 Å². The molecule has 2 heterocycles. The van der Waals surface area contributed by atoms with E-state index in [0.717, 1.165) is 0 Å². The van der Waals surface area contributed by atoms with E-state index in [1.807, 2.05) is 0 Å². The molecule has 0 saturated carbocycles. The average molecular weight is 374 g/mol. The molecular formula is C17H13ClFN5O2. The lowest BCUT2D eigenvalue weighted by atomic mass is 10.2. The molecule has 2 amide bonds.